The third-order valence-corrected chi connectivity index (χ3v) is 4.20. The van der Waals surface area contributed by atoms with E-state index in [-0.39, 0.29) is 6.42 Å². The average Bonchev–Trinajstić information content (AvgIpc) is 2.43. The summed E-state index contributed by atoms with van der Waals surface area (Å²) < 4.78 is 26.6. The molecule has 2 fully saturated rings. The van der Waals surface area contributed by atoms with Gasteiger partial charge in [-0.05, 0) is 24.7 Å². The van der Waals surface area contributed by atoms with Crippen LogP contribution in [-0.2, 0) is 0 Å². The van der Waals surface area contributed by atoms with Crippen LogP contribution < -0.4 is 0 Å². The molecule has 0 aromatic carbocycles. The van der Waals surface area contributed by atoms with Crippen molar-refractivity contribution < 1.29 is 8.78 Å². The van der Waals surface area contributed by atoms with Gasteiger partial charge in [-0.1, -0.05) is 38.5 Å². The average molecular weight is 216 g/mol. The molecule has 2 unspecified atom stereocenters. The topological polar surface area (TPSA) is 0 Å². The molecule has 0 saturated heterocycles. The molecule has 2 saturated carbocycles. The summed E-state index contributed by atoms with van der Waals surface area (Å²) in [7, 11) is 0. The molecule has 88 valence electrons. The van der Waals surface area contributed by atoms with Gasteiger partial charge in [0.2, 0.25) is 0 Å². The molecule has 0 aromatic heterocycles. The Morgan fingerprint density at radius 3 is 1.67 bits per heavy atom. The van der Waals surface area contributed by atoms with Gasteiger partial charge < -0.3 is 0 Å². The highest BCUT2D eigenvalue weighted by Crippen LogP contribution is 2.39. The Morgan fingerprint density at radius 2 is 1.13 bits per heavy atom. The zero-order valence-corrected chi connectivity index (χ0v) is 9.43. The Morgan fingerprint density at radius 1 is 0.600 bits per heavy atom. The highest BCUT2D eigenvalue weighted by molar-refractivity contribution is 4.83. The first kappa shape index (κ1) is 11.3. The van der Waals surface area contributed by atoms with E-state index in [2.05, 4.69) is 0 Å². The van der Waals surface area contributed by atoms with Gasteiger partial charge in [-0.2, -0.15) is 0 Å². The lowest BCUT2D eigenvalue weighted by Crippen LogP contribution is -2.29. The fraction of sp³-hybridized carbons (Fsp3) is 1.00. The first-order valence-electron chi connectivity index (χ1n) is 6.54. The fourth-order valence-corrected chi connectivity index (χ4v) is 3.39. The molecule has 2 aliphatic carbocycles. The third-order valence-electron chi connectivity index (χ3n) is 4.20. The zero-order chi connectivity index (χ0) is 10.7. The number of halogens is 2. The maximum Gasteiger partial charge on any atom is 0.103 e. The van der Waals surface area contributed by atoms with Crippen molar-refractivity contribution in [2.75, 3.05) is 0 Å². The minimum Gasteiger partial charge on any atom is -0.247 e. The lowest BCUT2D eigenvalue weighted by molar-refractivity contribution is 0.0817. The van der Waals surface area contributed by atoms with Crippen LogP contribution in [0.3, 0.4) is 0 Å². The van der Waals surface area contributed by atoms with Gasteiger partial charge in [0.05, 0.1) is 0 Å². The largest absolute Gasteiger partial charge is 0.247 e. The predicted octanol–water partition coefficient (Wildman–Crippen LogP) is 4.43. The van der Waals surface area contributed by atoms with Crippen molar-refractivity contribution in [1.82, 2.24) is 0 Å². The van der Waals surface area contributed by atoms with Crippen molar-refractivity contribution in [3.8, 4) is 0 Å². The van der Waals surface area contributed by atoms with Crippen LogP contribution in [0.4, 0.5) is 8.78 Å². The molecule has 0 aliphatic heterocycles. The molecular formula is C13H22F2. The van der Waals surface area contributed by atoms with Gasteiger partial charge >= 0.3 is 0 Å². The van der Waals surface area contributed by atoms with E-state index in [1.54, 1.807) is 0 Å². The van der Waals surface area contributed by atoms with Gasteiger partial charge in [-0.15, -0.1) is 0 Å². The second kappa shape index (κ2) is 5.27. The Kier molecular flexibility index (Phi) is 3.99. The van der Waals surface area contributed by atoms with Gasteiger partial charge in [0, 0.05) is 6.42 Å². The quantitative estimate of drug-likeness (QED) is 0.569. The van der Waals surface area contributed by atoms with Crippen molar-refractivity contribution in [3.63, 3.8) is 0 Å². The molecule has 0 bridgehead atoms. The number of rotatable bonds is 1. The highest BCUT2D eigenvalue weighted by Gasteiger charge is 2.33. The van der Waals surface area contributed by atoms with E-state index < -0.39 is 12.3 Å². The van der Waals surface area contributed by atoms with E-state index in [9.17, 15) is 8.78 Å². The molecule has 0 aromatic rings. The molecule has 0 spiro atoms. The summed E-state index contributed by atoms with van der Waals surface area (Å²) in [6.07, 6.45) is 7.28. The molecule has 2 rings (SSSR count). The summed E-state index contributed by atoms with van der Waals surface area (Å²) >= 11 is 0. The maximum atomic E-state index is 13.3. The Bertz CT molecular complexity index is 175. The lowest BCUT2D eigenvalue weighted by atomic mass is 9.75. The van der Waals surface area contributed by atoms with Gasteiger partial charge in [-0.25, -0.2) is 8.78 Å². The van der Waals surface area contributed by atoms with Crippen LogP contribution in [0, 0.1) is 11.8 Å². The first-order valence-corrected chi connectivity index (χ1v) is 6.54. The van der Waals surface area contributed by atoms with E-state index in [1.165, 1.54) is 38.5 Å². The lowest BCUT2D eigenvalue weighted by Gasteiger charge is -2.33. The Balaban J connectivity index is 1.89. The molecule has 2 atom stereocenters. The minimum absolute atomic E-state index is 0.156. The van der Waals surface area contributed by atoms with Gasteiger partial charge in [0.25, 0.3) is 0 Å². The van der Waals surface area contributed by atoms with Crippen LogP contribution in [0.2, 0.25) is 0 Å². The molecule has 2 aliphatic rings. The number of hydrogen-bond donors (Lipinski definition) is 0. The van der Waals surface area contributed by atoms with Gasteiger partial charge in [0.15, 0.2) is 0 Å². The van der Waals surface area contributed by atoms with E-state index in [0.29, 0.717) is 24.7 Å². The number of hydrogen-bond acceptors (Lipinski definition) is 0. The fourth-order valence-electron chi connectivity index (χ4n) is 3.39. The SMILES string of the molecule is FC1CC(F)CC(C2CCCCCC2)C1. The van der Waals surface area contributed by atoms with Crippen LogP contribution in [0.5, 0.6) is 0 Å². The van der Waals surface area contributed by atoms with Crippen molar-refractivity contribution in [3.05, 3.63) is 0 Å². The summed E-state index contributed by atoms with van der Waals surface area (Å²) in [5, 5.41) is 0. The summed E-state index contributed by atoms with van der Waals surface area (Å²) in [6, 6.07) is 0. The smallest absolute Gasteiger partial charge is 0.103 e. The van der Waals surface area contributed by atoms with E-state index in [1.807, 2.05) is 0 Å². The van der Waals surface area contributed by atoms with Gasteiger partial charge in [0.1, 0.15) is 12.3 Å². The van der Waals surface area contributed by atoms with Crippen molar-refractivity contribution in [1.29, 1.82) is 0 Å². The Labute approximate surface area is 91.4 Å². The first-order chi connectivity index (χ1) is 7.25. The molecule has 15 heavy (non-hydrogen) atoms. The van der Waals surface area contributed by atoms with E-state index in [0.717, 1.165) is 0 Å². The molecular weight excluding hydrogens is 194 g/mol. The van der Waals surface area contributed by atoms with Crippen LogP contribution in [0.25, 0.3) is 0 Å². The summed E-state index contributed by atoms with van der Waals surface area (Å²) in [5.74, 6) is 0.950. The molecule has 2 heteroatoms. The van der Waals surface area contributed by atoms with Crippen molar-refractivity contribution in [2.24, 2.45) is 11.8 Å². The normalized spacial score (nSPS) is 40.0. The predicted molar refractivity (Wildman–Crippen MR) is 58.3 cm³/mol. The third kappa shape index (κ3) is 3.15. The molecule has 0 radical (unpaired) electrons. The highest BCUT2D eigenvalue weighted by atomic mass is 19.1. The monoisotopic (exact) mass is 216 g/mol. The second-order valence-corrected chi connectivity index (χ2v) is 5.41. The van der Waals surface area contributed by atoms with E-state index in [4.69, 9.17) is 0 Å². The maximum absolute atomic E-state index is 13.3. The summed E-state index contributed by atoms with van der Waals surface area (Å²) in [6.45, 7) is 0. The second-order valence-electron chi connectivity index (χ2n) is 5.41. The molecule has 0 nitrogen and oxygen atoms in total. The Hall–Kier alpha value is -0.140. The summed E-state index contributed by atoms with van der Waals surface area (Å²) in [4.78, 5) is 0. The van der Waals surface area contributed by atoms with Crippen molar-refractivity contribution in [2.45, 2.75) is 70.1 Å². The molecule has 0 heterocycles. The van der Waals surface area contributed by atoms with Crippen LogP contribution in [0.1, 0.15) is 57.8 Å². The standard InChI is InChI=1S/C13H22F2/c14-12-7-11(8-13(15)9-12)10-5-3-1-2-4-6-10/h10-13H,1-9H2. The molecule has 0 amide bonds. The zero-order valence-electron chi connectivity index (χ0n) is 9.43. The molecule has 0 N–H and O–H groups in total. The van der Waals surface area contributed by atoms with Crippen LogP contribution >= 0.6 is 0 Å². The van der Waals surface area contributed by atoms with Crippen molar-refractivity contribution >= 4 is 0 Å². The van der Waals surface area contributed by atoms with E-state index >= 15 is 0 Å². The number of alkyl halides is 2. The summed E-state index contributed by atoms with van der Waals surface area (Å²) in [5.41, 5.74) is 0. The van der Waals surface area contributed by atoms with Gasteiger partial charge in [-0.3, -0.25) is 0 Å². The minimum atomic E-state index is -0.873. The van der Waals surface area contributed by atoms with Crippen LogP contribution in [0.15, 0.2) is 0 Å². The van der Waals surface area contributed by atoms with Crippen LogP contribution in [-0.4, -0.2) is 12.3 Å².